The molecule has 0 saturated heterocycles. The zero-order valence-corrected chi connectivity index (χ0v) is 19.7. The summed E-state index contributed by atoms with van der Waals surface area (Å²) < 4.78 is 2.12. The Bertz CT molecular complexity index is 1130. The average Bonchev–Trinajstić information content (AvgIpc) is 3.49. The molecule has 0 aliphatic heterocycles. The summed E-state index contributed by atoms with van der Waals surface area (Å²) in [6.45, 7) is 7.64. The van der Waals surface area contributed by atoms with Crippen molar-refractivity contribution in [2.45, 2.75) is 65.8 Å². The first-order chi connectivity index (χ1) is 16.1. The first-order valence-corrected chi connectivity index (χ1v) is 11.8. The third-order valence-corrected chi connectivity index (χ3v) is 5.75. The Morgan fingerprint density at radius 3 is 2.61 bits per heavy atom. The zero-order valence-electron chi connectivity index (χ0n) is 19.7. The molecule has 0 amide bonds. The molecule has 0 aliphatic carbocycles. The number of aromatic nitrogens is 8. The quantitative estimate of drug-likeness (QED) is 0.331. The van der Waals surface area contributed by atoms with Gasteiger partial charge in [-0.25, -0.2) is 9.67 Å². The number of benzene rings is 1. The molecule has 1 N–H and O–H groups in total. The topological polar surface area (TPSA) is 98.1 Å². The Kier molecular flexibility index (Phi) is 7.55. The summed E-state index contributed by atoms with van der Waals surface area (Å²) in [5.74, 6) is 3.22. The Labute approximate surface area is 194 Å². The van der Waals surface area contributed by atoms with Gasteiger partial charge in [0, 0.05) is 42.9 Å². The van der Waals surface area contributed by atoms with Crippen LogP contribution in [0.15, 0.2) is 42.7 Å². The van der Waals surface area contributed by atoms with Crippen LogP contribution in [0.3, 0.4) is 0 Å². The molecule has 33 heavy (non-hydrogen) atoms. The second-order valence-corrected chi connectivity index (χ2v) is 8.84. The van der Waals surface area contributed by atoms with Crippen LogP contribution in [0.25, 0.3) is 22.5 Å². The van der Waals surface area contributed by atoms with Gasteiger partial charge < -0.3 is 0 Å². The van der Waals surface area contributed by atoms with Crippen molar-refractivity contribution < 1.29 is 0 Å². The van der Waals surface area contributed by atoms with Crippen LogP contribution in [0.5, 0.6) is 0 Å². The number of tetrazole rings is 1. The number of hydrogen-bond donors (Lipinski definition) is 1. The second kappa shape index (κ2) is 10.9. The van der Waals surface area contributed by atoms with Crippen molar-refractivity contribution in [2.24, 2.45) is 5.92 Å². The predicted molar refractivity (Wildman–Crippen MR) is 128 cm³/mol. The molecule has 0 aliphatic rings. The van der Waals surface area contributed by atoms with E-state index in [1.54, 1.807) is 6.20 Å². The smallest absolute Gasteiger partial charge is 0.205 e. The highest BCUT2D eigenvalue weighted by atomic mass is 15.5. The Morgan fingerprint density at radius 1 is 1.03 bits per heavy atom. The molecule has 0 atom stereocenters. The van der Waals surface area contributed by atoms with Crippen molar-refractivity contribution in [1.82, 2.24) is 40.4 Å². The van der Waals surface area contributed by atoms with Crippen molar-refractivity contribution in [3.05, 3.63) is 59.9 Å². The van der Waals surface area contributed by atoms with Gasteiger partial charge in [-0.05, 0) is 41.2 Å². The maximum absolute atomic E-state index is 4.90. The lowest BCUT2D eigenvalue weighted by Gasteiger charge is -2.08. The third kappa shape index (κ3) is 5.88. The van der Waals surface area contributed by atoms with Crippen molar-refractivity contribution >= 4 is 0 Å². The molecular weight excluding hydrogens is 412 g/mol. The van der Waals surface area contributed by atoms with Gasteiger partial charge in [0.1, 0.15) is 5.82 Å². The molecule has 8 heteroatoms. The second-order valence-electron chi connectivity index (χ2n) is 8.84. The molecule has 0 unspecified atom stereocenters. The standard InChI is InChI=1S/C25H32N8/c1-4-5-6-15-33-24(27-23(30-33)12-7-18(2)3)16-19-8-10-20(11-9-19)22-17-26-14-13-21(22)25-28-31-32-29-25/h8-11,13-14,17-18H,4-7,12,15-16H2,1-3H3,(H,28,29,31,32). The minimum absolute atomic E-state index is 0.561. The van der Waals surface area contributed by atoms with Crippen molar-refractivity contribution in [3.63, 3.8) is 0 Å². The number of nitrogens with one attached hydrogen (secondary N) is 1. The number of rotatable bonds is 11. The largest absolute Gasteiger partial charge is 0.264 e. The number of pyridine rings is 1. The van der Waals surface area contributed by atoms with Crippen LogP contribution in [0.2, 0.25) is 0 Å². The van der Waals surface area contributed by atoms with E-state index in [1.165, 1.54) is 18.4 Å². The van der Waals surface area contributed by atoms with Crippen LogP contribution in [0, 0.1) is 5.92 Å². The first kappa shape index (κ1) is 22.8. The molecule has 0 bridgehead atoms. The minimum Gasteiger partial charge on any atom is -0.264 e. The van der Waals surface area contributed by atoms with Gasteiger partial charge in [-0.3, -0.25) is 4.98 Å². The van der Waals surface area contributed by atoms with Gasteiger partial charge in [0.25, 0.3) is 0 Å². The van der Waals surface area contributed by atoms with Gasteiger partial charge in [-0.1, -0.05) is 57.9 Å². The lowest BCUT2D eigenvalue weighted by molar-refractivity contribution is 0.525. The first-order valence-electron chi connectivity index (χ1n) is 11.8. The van der Waals surface area contributed by atoms with E-state index in [4.69, 9.17) is 10.1 Å². The normalized spacial score (nSPS) is 11.4. The molecule has 3 aromatic heterocycles. The summed E-state index contributed by atoms with van der Waals surface area (Å²) in [5, 5.41) is 19.3. The lowest BCUT2D eigenvalue weighted by atomic mass is 9.99. The summed E-state index contributed by atoms with van der Waals surface area (Å²) in [7, 11) is 0. The fraction of sp³-hybridized carbons (Fsp3) is 0.440. The molecule has 3 heterocycles. The highest BCUT2D eigenvalue weighted by Crippen LogP contribution is 2.29. The number of H-pyrrole nitrogens is 1. The molecular formula is C25H32N8. The Hall–Kier alpha value is -3.42. The van der Waals surface area contributed by atoms with Crippen LogP contribution in [-0.2, 0) is 19.4 Å². The number of aryl methyl sites for hydroxylation is 2. The number of hydrogen-bond acceptors (Lipinski definition) is 6. The van der Waals surface area contributed by atoms with Gasteiger partial charge in [-0.2, -0.15) is 10.3 Å². The van der Waals surface area contributed by atoms with Gasteiger partial charge >= 0.3 is 0 Å². The van der Waals surface area contributed by atoms with E-state index >= 15 is 0 Å². The van der Waals surface area contributed by atoms with Crippen LogP contribution in [0.4, 0.5) is 0 Å². The fourth-order valence-corrected chi connectivity index (χ4v) is 3.85. The average molecular weight is 445 g/mol. The van der Waals surface area contributed by atoms with Gasteiger partial charge in [-0.15, -0.1) is 10.2 Å². The summed E-state index contributed by atoms with van der Waals surface area (Å²) in [6, 6.07) is 10.5. The van der Waals surface area contributed by atoms with E-state index in [1.807, 2.05) is 12.3 Å². The van der Waals surface area contributed by atoms with Crippen molar-refractivity contribution in [1.29, 1.82) is 0 Å². The number of unbranched alkanes of at least 4 members (excludes halogenated alkanes) is 2. The maximum atomic E-state index is 4.90. The van der Waals surface area contributed by atoms with E-state index in [0.717, 1.165) is 60.6 Å². The van der Waals surface area contributed by atoms with Crippen LogP contribution >= 0.6 is 0 Å². The number of nitrogens with zero attached hydrogens (tertiary/aromatic N) is 7. The highest BCUT2D eigenvalue weighted by Gasteiger charge is 2.13. The molecule has 0 fully saturated rings. The third-order valence-electron chi connectivity index (χ3n) is 5.75. The van der Waals surface area contributed by atoms with Crippen LogP contribution < -0.4 is 0 Å². The van der Waals surface area contributed by atoms with Crippen molar-refractivity contribution in [2.75, 3.05) is 0 Å². The summed E-state index contributed by atoms with van der Waals surface area (Å²) in [4.78, 5) is 9.19. The van der Waals surface area contributed by atoms with E-state index in [-0.39, 0.29) is 0 Å². The predicted octanol–water partition coefficient (Wildman–Crippen LogP) is 4.89. The van der Waals surface area contributed by atoms with Gasteiger partial charge in [0.05, 0.1) is 0 Å². The SMILES string of the molecule is CCCCCn1nc(CCC(C)C)nc1Cc1ccc(-c2cnccc2-c2nn[nH]n2)cc1. The molecule has 1 aromatic carbocycles. The molecule has 0 saturated carbocycles. The molecule has 8 nitrogen and oxygen atoms in total. The van der Waals surface area contributed by atoms with Crippen molar-refractivity contribution in [3.8, 4) is 22.5 Å². The summed E-state index contributed by atoms with van der Waals surface area (Å²) >= 11 is 0. The minimum atomic E-state index is 0.561. The number of aromatic amines is 1. The molecule has 4 aromatic rings. The summed E-state index contributed by atoms with van der Waals surface area (Å²) in [5.41, 5.74) is 4.15. The summed E-state index contributed by atoms with van der Waals surface area (Å²) in [6.07, 6.45) is 9.94. The van der Waals surface area contributed by atoms with E-state index < -0.39 is 0 Å². The Morgan fingerprint density at radius 2 is 1.88 bits per heavy atom. The monoisotopic (exact) mass is 444 g/mol. The van der Waals surface area contributed by atoms with Crippen LogP contribution in [-0.4, -0.2) is 40.4 Å². The zero-order chi connectivity index (χ0) is 23.0. The molecule has 0 spiro atoms. The highest BCUT2D eigenvalue weighted by molar-refractivity contribution is 5.79. The molecule has 172 valence electrons. The maximum Gasteiger partial charge on any atom is 0.205 e. The van der Waals surface area contributed by atoms with E-state index in [9.17, 15) is 0 Å². The molecule has 0 radical (unpaired) electrons. The molecule has 4 rings (SSSR count). The van der Waals surface area contributed by atoms with E-state index in [2.05, 4.69) is 75.3 Å². The van der Waals surface area contributed by atoms with Gasteiger partial charge in [0.2, 0.25) is 5.82 Å². The Balaban J connectivity index is 1.53. The fourth-order valence-electron chi connectivity index (χ4n) is 3.85. The lowest BCUT2D eigenvalue weighted by Crippen LogP contribution is -2.07. The van der Waals surface area contributed by atoms with Crippen LogP contribution in [0.1, 0.15) is 63.7 Å². The van der Waals surface area contributed by atoms with Gasteiger partial charge in [0.15, 0.2) is 5.82 Å². The van der Waals surface area contributed by atoms with E-state index in [0.29, 0.717) is 11.7 Å².